The lowest BCUT2D eigenvalue weighted by Crippen LogP contribution is -2.33. The molecule has 0 aliphatic carbocycles. The number of imidazole rings is 1. The quantitative estimate of drug-likeness (QED) is 0.260. The highest BCUT2D eigenvalue weighted by Gasteiger charge is 2.14. The number of aliphatic imine (C=N–C) groups is 1. The van der Waals surface area contributed by atoms with Crippen LogP contribution in [-0.2, 0) is 6.42 Å². The number of rotatable bonds is 9. The monoisotopic (exact) mass is 429 g/mol. The summed E-state index contributed by atoms with van der Waals surface area (Å²) in [6, 6.07) is 15.9. The molecule has 0 unspecified atom stereocenters. The molecule has 0 radical (unpaired) electrons. The van der Waals surface area contributed by atoms with Crippen molar-refractivity contribution in [1.29, 1.82) is 0 Å². The van der Waals surface area contributed by atoms with Crippen molar-refractivity contribution in [2.75, 3.05) is 13.1 Å². The van der Waals surface area contributed by atoms with Crippen molar-refractivity contribution in [1.82, 2.24) is 15.3 Å². The van der Waals surface area contributed by atoms with Gasteiger partial charge in [0.2, 0.25) is 0 Å². The Hall–Kier alpha value is -2.50. The van der Waals surface area contributed by atoms with Crippen LogP contribution in [0.5, 0.6) is 0 Å². The van der Waals surface area contributed by atoms with Crippen LogP contribution < -0.4 is 11.1 Å². The van der Waals surface area contributed by atoms with Crippen LogP contribution in [0, 0.1) is 0 Å². The third-order valence-corrected chi connectivity index (χ3v) is 5.23. The molecule has 0 fully saturated rings. The second kappa shape index (κ2) is 10.9. The standard InChI is InChI=1S/C22H25Cl2N5/c23-18-7-3-16(4-8-18)21(17-5-9-19(24)10-6-17)11-13-28-22(25)27-12-1-2-20-14-26-15-29-20/h3-10,14-15,21H,1-2,11-13H2,(H,26,29)(H3,25,27,28). The molecule has 152 valence electrons. The van der Waals surface area contributed by atoms with E-state index in [1.165, 1.54) is 11.1 Å². The molecule has 1 aromatic heterocycles. The number of hydrogen-bond acceptors (Lipinski definition) is 2. The molecule has 0 atom stereocenters. The number of nitrogens with one attached hydrogen (secondary N) is 2. The average Bonchev–Trinajstić information content (AvgIpc) is 3.24. The molecule has 3 aromatic rings. The summed E-state index contributed by atoms with van der Waals surface area (Å²) in [6.07, 6.45) is 6.22. The first kappa shape index (κ1) is 21.2. The lowest BCUT2D eigenvalue weighted by atomic mass is 9.88. The molecule has 0 aliphatic rings. The van der Waals surface area contributed by atoms with E-state index in [0.29, 0.717) is 19.0 Å². The molecular weight excluding hydrogens is 405 g/mol. The third kappa shape index (κ3) is 6.80. The average molecular weight is 430 g/mol. The van der Waals surface area contributed by atoms with Gasteiger partial charge in [0.25, 0.3) is 0 Å². The zero-order valence-corrected chi connectivity index (χ0v) is 17.6. The van der Waals surface area contributed by atoms with E-state index < -0.39 is 0 Å². The van der Waals surface area contributed by atoms with E-state index >= 15 is 0 Å². The molecule has 0 amide bonds. The maximum absolute atomic E-state index is 6.05. The Morgan fingerprint density at radius 1 is 1.03 bits per heavy atom. The molecule has 1 heterocycles. The predicted octanol–water partition coefficient (Wildman–Crippen LogP) is 4.78. The van der Waals surface area contributed by atoms with Crippen LogP contribution in [0.4, 0.5) is 0 Å². The predicted molar refractivity (Wildman–Crippen MR) is 121 cm³/mol. The van der Waals surface area contributed by atoms with Gasteiger partial charge in [-0.25, -0.2) is 4.98 Å². The number of guanidine groups is 1. The summed E-state index contributed by atoms with van der Waals surface area (Å²) in [5.41, 5.74) is 9.54. The first-order valence-electron chi connectivity index (χ1n) is 9.64. The molecule has 4 N–H and O–H groups in total. The fourth-order valence-corrected chi connectivity index (χ4v) is 3.46. The Morgan fingerprint density at radius 3 is 2.21 bits per heavy atom. The minimum atomic E-state index is 0.213. The van der Waals surface area contributed by atoms with Crippen LogP contribution in [0.3, 0.4) is 0 Å². The van der Waals surface area contributed by atoms with Crippen molar-refractivity contribution in [3.05, 3.63) is 87.9 Å². The van der Waals surface area contributed by atoms with Gasteiger partial charge in [-0.3, -0.25) is 4.99 Å². The molecule has 0 saturated carbocycles. The number of nitrogens with zero attached hydrogens (tertiary/aromatic N) is 2. The maximum Gasteiger partial charge on any atom is 0.188 e. The number of aromatic nitrogens is 2. The van der Waals surface area contributed by atoms with Crippen LogP contribution >= 0.6 is 23.2 Å². The molecule has 0 saturated heterocycles. The lowest BCUT2D eigenvalue weighted by Gasteiger charge is -2.19. The van der Waals surface area contributed by atoms with Crippen LogP contribution in [0.2, 0.25) is 10.0 Å². The number of aryl methyl sites for hydroxylation is 1. The summed E-state index contributed by atoms with van der Waals surface area (Å²) in [7, 11) is 0. The minimum Gasteiger partial charge on any atom is -0.370 e. The van der Waals surface area contributed by atoms with Crippen LogP contribution in [0.15, 0.2) is 66.0 Å². The molecule has 3 rings (SSSR count). The number of hydrogen-bond donors (Lipinski definition) is 3. The Kier molecular flexibility index (Phi) is 7.96. The van der Waals surface area contributed by atoms with E-state index in [0.717, 1.165) is 35.0 Å². The van der Waals surface area contributed by atoms with Crippen molar-refractivity contribution in [3.8, 4) is 0 Å². The summed E-state index contributed by atoms with van der Waals surface area (Å²) in [6.45, 7) is 1.39. The smallest absolute Gasteiger partial charge is 0.188 e. The number of benzene rings is 2. The maximum atomic E-state index is 6.05. The normalized spacial score (nSPS) is 11.8. The van der Waals surface area contributed by atoms with Crippen molar-refractivity contribution in [3.63, 3.8) is 0 Å². The molecule has 7 heteroatoms. The largest absolute Gasteiger partial charge is 0.370 e. The number of aromatic amines is 1. The van der Waals surface area contributed by atoms with Crippen molar-refractivity contribution in [2.24, 2.45) is 10.7 Å². The Balaban J connectivity index is 1.54. The Bertz CT molecular complexity index is 844. The van der Waals surface area contributed by atoms with Gasteiger partial charge in [-0.15, -0.1) is 0 Å². The molecule has 0 aliphatic heterocycles. The summed E-state index contributed by atoms with van der Waals surface area (Å²) in [5.74, 6) is 0.686. The van der Waals surface area contributed by atoms with E-state index in [1.54, 1.807) is 6.33 Å². The number of halogens is 2. The van der Waals surface area contributed by atoms with Crippen molar-refractivity contribution in [2.45, 2.75) is 25.2 Å². The van der Waals surface area contributed by atoms with Gasteiger partial charge in [0.1, 0.15) is 0 Å². The molecule has 0 spiro atoms. The minimum absolute atomic E-state index is 0.213. The lowest BCUT2D eigenvalue weighted by molar-refractivity contribution is 0.687. The number of nitrogens with two attached hydrogens (primary N) is 1. The third-order valence-electron chi connectivity index (χ3n) is 4.73. The zero-order chi connectivity index (χ0) is 20.5. The molecular formula is C22H25Cl2N5. The van der Waals surface area contributed by atoms with E-state index in [1.807, 2.05) is 30.5 Å². The topological polar surface area (TPSA) is 79.1 Å². The highest BCUT2D eigenvalue weighted by atomic mass is 35.5. The second-order valence-electron chi connectivity index (χ2n) is 6.82. The Morgan fingerprint density at radius 2 is 1.66 bits per heavy atom. The summed E-state index contributed by atoms with van der Waals surface area (Å²) in [4.78, 5) is 11.5. The van der Waals surface area contributed by atoms with Gasteiger partial charge in [0.15, 0.2) is 5.96 Å². The van der Waals surface area contributed by atoms with Crippen LogP contribution in [-0.4, -0.2) is 29.0 Å². The zero-order valence-electron chi connectivity index (χ0n) is 16.1. The van der Waals surface area contributed by atoms with Gasteiger partial charge in [0.05, 0.1) is 6.33 Å². The second-order valence-corrected chi connectivity index (χ2v) is 7.69. The Labute approximate surface area is 181 Å². The van der Waals surface area contributed by atoms with Gasteiger partial charge in [-0.2, -0.15) is 0 Å². The van der Waals surface area contributed by atoms with Gasteiger partial charge < -0.3 is 16.0 Å². The molecule has 0 bridgehead atoms. The summed E-state index contributed by atoms with van der Waals surface area (Å²) >= 11 is 12.1. The van der Waals surface area contributed by atoms with Crippen molar-refractivity contribution >= 4 is 29.2 Å². The van der Waals surface area contributed by atoms with Gasteiger partial charge in [-0.05, 0) is 54.7 Å². The fraction of sp³-hybridized carbons (Fsp3) is 0.273. The summed E-state index contributed by atoms with van der Waals surface area (Å²) < 4.78 is 0. The highest BCUT2D eigenvalue weighted by molar-refractivity contribution is 6.30. The van der Waals surface area contributed by atoms with Gasteiger partial charge >= 0.3 is 0 Å². The van der Waals surface area contributed by atoms with Crippen LogP contribution in [0.1, 0.15) is 35.6 Å². The number of H-pyrrole nitrogens is 1. The molecule has 29 heavy (non-hydrogen) atoms. The first-order valence-corrected chi connectivity index (χ1v) is 10.4. The highest BCUT2D eigenvalue weighted by Crippen LogP contribution is 2.29. The van der Waals surface area contributed by atoms with Gasteiger partial charge in [-0.1, -0.05) is 47.5 Å². The van der Waals surface area contributed by atoms with Gasteiger partial charge in [0, 0.05) is 40.9 Å². The van der Waals surface area contributed by atoms with E-state index in [4.69, 9.17) is 28.9 Å². The SMILES string of the molecule is NC(=NCCCc1cnc[nH]1)NCCC(c1ccc(Cl)cc1)c1ccc(Cl)cc1. The fourth-order valence-electron chi connectivity index (χ4n) is 3.21. The van der Waals surface area contributed by atoms with Crippen LogP contribution in [0.25, 0.3) is 0 Å². The van der Waals surface area contributed by atoms with E-state index in [9.17, 15) is 0 Å². The van der Waals surface area contributed by atoms with Crippen molar-refractivity contribution < 1.29 is 0 Å². The summed E-state index contributed by atoms with van der Waals surface area (Å²) in [5, 5.41) is 4.68. The molecule has 2 aromatic carbocycles. The van der Waals surface area contributed by atoms with E-state index in [2.05, 4.69) is 44.5 Å². The molecule has 5 nitrogen and oxygen atoms in total. The first-order chi connectivity index (χ1) is 14.1. The van der Waals surface area contributed by atoms with E-state index in [-0.39, 0.29) is 5.92 Å².